The first-order chi connectivity index (χ1) is 8.56. The fraction of sp³-hybridized carbons (Fsp3) is 0.647. The Morgan fingerprint density at radius 3 is 2.44 bits per heavy atom. The number of rotatable bonds is 3. The number of nitrogens with one attached hydrogen (secondary N) is 1. The molecule has 0 aromatic heterocycles. The molecule has 1 nitrogen and oxygen atoms in total. The standard InChI is InChI=1S/C17H27N/c1-12-6-9-16(10-7-12)15(4)18-17-11-13(2)5-8-14(17)3/h6-7,9-10,13-15,17-18H,5,8,11H2,1-4H3. The highest BCUT2D eigenvalue weighted by Gasteiger charge is 2.26. The average molecular weight is 245 g/mol. The molecule has 1 aliphatic rings. The van der Waals surface area contributed by atoms with Gasteiger partial charge in [-0.05, 0) is 44.1 Å². The fourth-order valence-electron chi connectivity index (χ4n) is 3.04. The van der Waals surface area contributed by atoms with Gasteiger partial charge < -0.3 is 5.32 Å². The number of hydrogen-bond donors (Lipinski definition) is 1. The minimum atomic E-state index is 0.461. The number of benzene rings is 1. The van der Waals surface area contributed by atoms with E-state index >= 15 is 0 Å². The van der Waals surface area contributed by atoms with Gasteiger partial charge in [-0.15, -0.1) is 0 Å². The van der Waals surface area contributed by atoms with E-state index in [1.807, 2.05) is 0 Å². The van der Waals surface area contributed by atoms with E-state index in [2.05, 4.69) is 57.3 Å². The Morgan fingerprint density at radius 2 is 1.78 bits per heavy atom. The molecule has 0 bridgehead atoms. The van der Waals surface area contributed by atoms with Crippen molar-refractivity contribution >= 4 is 0 Å². The molecule has 1 aliphatic carbocycles. The normalized spacial score (nSPS) is 30.1. The zero-order chi connectivity index (χ0) is 13.1. The quantitative estimate of drug-likeness (QED) is 0.828. The molecule has 100 valence electrons. The molecule has 4 atom stereocenters. The van der Waals surface area contributed by atoms with Crippen molar-refractivity contribution in [2.24, 2.45) is 11.8 Å². The topological polar surface area (TPSA) is 12.0 Å². The molecule has 1 N–H and O–H groups in total. The van der Waals surface area contributed by atoms with Gasteiger partial charge in [0, 0.05) is 12.1 Å². The van der Waals surface area contributed by atoms with Crippen molar-refractivity contribution in [2.75, 3.05) is 0 Å². The van der Waals surface area contributed by atoms with Gasteiger partial charge in [-0.1, -0.05) is 50.1 Å². The van der Waals surface area contributed by atoms with Crippen molar-refractivity contribution in [1.82, 2.24) is 5.32 Å². The van der Waals surface area contributed by atoms with Gasteiger partial charge in [-0.3, -0.25) is 0 Å². The molecule has 1 aromatic carbocycles. The van der Waals surface area contributed by atoms with E-state index in [1.54, 1.807) is 0 Å². The molecule has 0 spiro atoms. The van der Waals surface area contributed by atoms with Crippen molar-refractivity contribution in [3.05, 3.63) is 35.4 Å². The summed E-state index contributed by atoms with van der Waals surface area (Å²) >= 11 is 0. The first-order valence-electron chi connectivity index (χ1n) is 7.39. The lowest BCUT2D eigenvalue weighted by Gasteiger charge is -2.35. The van der Waals surface area contributed by atoms with E-state index in [0.29, 0.717) is 12.1 Å². The van der Waals surface area contributed by atoms with Gasteiger partial charge in [-0.2, -0.15) is 0 Å². The van der Waals surface area contributed by atoms with E-state index in [4.69, 9.17) is 0 Å². The molecule has 1 saturated carbocycles. The second-order valence-electron chi connectivity index (χ2n) is 6.30. The molecule has 18 heavy (non-hydrogen) atoms. The molecule has 0 amide bonds. The smallest absolute Gasteiger partial charge is 0.0294 e. The predicted octanol–water partition coefficient (Wildman–Crippen LogP) is 4.47. The van der Waals surface area contributed by atoms with E-state index in [0.717, 1.165) is 11.8 Å². The van der Waals surface area contributed by atoms with E-state index in [9.17, 15) is 0 Å². The summed E-state index contributed by atoms with van der Waals surface area (Å²) in [6.07, 6.45) is 4.11. The lowest BCUT2D eigenvalue weighted by atomic mass is 9.79. The Hall–Kier alpha value is -0.820. The second-order valence-corrected chi connectivity index (χ2v) is 6.30. The van der Waals surface area contributed by atoms with Crippen molar-refractivity contribution in [2.45, 2.75) is 59.0 Å². The van der Waals surface area contributed by atoms with E-state index < -0.39 is 0 Å². The van der Waals surface area contributed by atoms with Gasteiger partial charge in [0.2, 0.25) is 0 Å². The maximum absolute atomic E-state index is 3.83. The minimum absolute atomic E-state index is 0.461. The minimum Gasteiger partial charge on any atom is -0.307 e. The molecule has 0 heterocycles. The van der Waals surface area contributed by atoms with Crippen LogP contribution in [0.5, 0.6) is 0 Å². The SMILES string of the molecule is Cc1ccc(C(C)NC2CC(C)CCC2C)cc1. The van der Waals surface area contributed by atoms with Crippen LogP contribution in [-0.2, 0) is 0 Å². The molecule has 1 fully saturated rings. The summed E-state index contributed by atoms with van der Waals surface area (Å²) < 4.78 is 0. The summed E-state index contributed by atoms with van der Waals surface area (Å²) in [6, 6.07) is 10.1. The van der Waals surface area contributed by atoms with Gasteiger partial charge in [0.15, 0.2) is 0 Å². The summed E-state index contributed by atoms with van der Waals surface area (Å²) in [6.45, 7) is 9.21. The first kappa shape index (κ1) is 13.6. The van der Waals surface area contributed by atoms with Crippen LogP contribution < -0.4 is 5.32 Å². The maximum atomic E-state index is 3.83. The maximum Gasteiger partial charge on any atom is 0.0294 e. The summed E-state index contributed by atoms with van der Waals surface area (Å²) in [4.78, 5) is 0. The molecule has 4 unspecified atom stereocenters. The summed E-state index contributed by atoms with van der Waals surface area (Å²) in [5.74, 6) is 1.69. The highest BCUT2D eigenvalue weighted by molar-refractivity contribution is 5.23. The molecular weight excluding hydrogens is 218 g/mol. The largest absolute Gasteiger partial charge is 0.307 e. The molecule has 0 saturated heterocycles. The summed E-state index contributed by atoms with van der Waals surface area (Å²) in [5, 5.41) is 3.83. The van der Waals surface area contributed by atoms with Gasteiger partial charge in [0.25, 0.3) is 0 Å². The van der Waals surface area contributed by atoms with E-state index in [-0.39, 0.29) is 0 Å². The van der Waals surface area contributed by atoms with Crippen molar-refractivity contribution in [1.29, 1.82) is 0 Å². The van der Waals surface area contributed by atoms with Gasteiger partial charge >= 0.3 is 0 Å². The zero-order valence-corrected chi connectivity index (χ0v) is 12.2. The predicted molar refractivity (Wildman–Crippen MR) is 78.7 cm³/mol. The molecule has 0 radical (unpaired) electrons. The first-order valence-corrected chi connectivity index (χ1v) is 7.39. The van der Waals surface area contributed by atoms with Gasteiger partial charge in [-0.25, -0.2) is 0 Å². The van der Waals surface area contributed by atoms with Crippen LogP contribution >= 0.6 is 0 Å². The van der Waals surface area contributed by atoms with Crippen LogP contribution in [0, 0.1) is 18.8 Å². The molecule has 1 aromatic rings. The van der Waals surface area contributed by atoms with Gasteiger partial charge in [0.05, 0.1) is 0 Å². The number of aryl methyl sites for hydroxylation is 1. The molecular formula is C17H27N. The van der Waals surface area contributed by atoms with Crippen LogP contribution in [0.2, 0.25) is 0 Å². The molecule has 1 heteroatoms. The highest BCUT2D eigenvalue weighted by Crippen LogP contribution is 2.30. The van der Waals surface area contributed by atoms with Crippen molar-refractivity contribution in [3.63, 3.8) is 0 Å². The Labute approximate surface area is 112 Å². The molecule has 0 aliphatic heterocycles. The third-order valence-electron chi connectivity index (χ3n) is 4.50. The van der Waals surface area contributed by atoms with Crippen LogP contribution in [0.3, 0.4) is 0 Å². The highest BCUT2D eigenvalue weighted by atomic mass is 15.0. The summed E-state index contributed by atoms with van der Waals surface area (Å²) in [5.41, 5.74) is 2.75. The lowest BCUT2D eigenvalue weighted by molar-refractivity contribution is 0.216. The zero-order valence-electron chi connectivity index (χ0n) is 12.2. The lowest BCUT2D eigenvalue weighted by Crippen LogP contribution is -2.40. The Kier molecular flexibility index (Phi) is 4.45. The third kappa shape index (κ3) is 3.35. The fourth-order valence-corrected chi connectivity index (χ4v) is 3.04. The van der Waals surface area contributed by atoms with Crippen LogP contribution in [0.25, 0.3) is 0 Å². The van der Waals surface area contributed by atoms with Crippen LogP contribution in [-0.4, -0.2) is 6.04 Å². The summed E-state index contributed by atoms with van der Waals surface area (Å²) in [7, 11) is 0. The number of hydrogen-bond acceptors (Lipinski definition) is 1. The van der Waals surface area contributed by atoms with Crippen LogP contribution in [0.4, 0.5) is 0 Å². The second kappa shape index (κ2) is 5.88. The monoisotopic (exact) mass is 245 g/mol. The van der Waals surface area contributed by atoms with Crippen molar-refractivity contribution in [3.8, 4) is 0 Å². The van der Waals surface area contributed by atoms with Crippen LogP contribution in [0.15, 0.2) is 24.3 Å². The average Bonchev–Trinajstić information content (AvgIpc) is 2.34. The molecule has 2 rings (SSSR count). The third-order valence-corrected chi connectivity index (χ3v) is 4.50. The van der Waals surface area contributed by atoms with Crippen LogP contribution in [0.1, 0.15) is 57.2 Å². The van der Waals surface area contributed by atoms with E-state index in [1.165, 1.54) is 30.4 Å². The Balaban J connectivity index is 1.97. The van der Waals surface area contributed by atoms with Gasteiger partial charge in [0.1, 0.15) is 0 Å². The Bertz CT molecular complexity index is 368. The van der Waals surface area contributed by atoms with Crippen molar-refractivity contribution < 1.29 is 0 Å². The Morgan fingerprint density at radius 1 is 1.11 bits per heavy atom.